The first-order valence-corrected chi connectivity index (χ1v) is 7.58. The second-order valence-electron chi connectivity index (χ2n) is 5.89. The van der Waals surface area contributed by atoms with Crippen molar-refractivity contribution >= 4 is 17.8 Å². The summed E-state index contributed by atoms with van der Waals surface area (Å²) >= 11 is 0. The predicted molar refractivity (Wildman–Crippen MR) is 81.7 cm³/mol. The third-order valence-electron chi connectivity index (χ3n) is 4.53. The van der Waals surface area contributed by atoms with E-state index in [2.05, 4.69) is 5.32 Å². The Morgan fingerprint density at radius 3 is 2.91 bits per heavy atom. The summed E-state index contributed by atoms with van der Waals surface area (Å²) in [6, 6.07) is 5.06. The molecule has 1 heterocycles. The summed E-state index contributed by atoms with van der Waals surface area (Å²) in [5.41, 5.74) is 5.89. The van der Waals surface area contributed by atoms with Crippen LogP contribution in [0.1, 0.15) is 30.4 Å². The molecular formula is C16H19N3O4. The Morgan fingerprint density at radius 2 is 2.22 bits per heavy atom. The summed E-state index contributed by atoms with van der Waals surface area (Å²) in [7, 11) is 1.59. The SMILES string of the molecule is COc1ccc2c(c1)CCC[C@]21NC(=O)N(CCC(N)=O)C1=O. The van der Waals surface area contributed by atoms with Gasteiger partial charge in [0.1, 0.15) is 11.3 Å². The topological polar surface area (TPSA) is 102 Å². The number of nitrogens with one attached hydrogen (secondary N) is 1. The Morgan fingerprint density at radius 1 is 1.43 bits per heavy atom. The smallest absolute Gasteiger partial charge is 0.325 e. The summed E-state index contributed by atoms with van der Waals surface area (Å²) in [5.74, 6) is -0.127. The second kappa shape index (κ2) is 5.57. The van der Waals surface area contributed by atoms with Crippen LogP contribution in [-0.4, -0.2) is 36.4 Å². The van der Waals surface area contributed by atoms with Crippen molar-refractivity contribution in [1.82, 2.24) is 10.2 Å². The number of amides is 4. The highest BCUT2D eigenvalue weighted by atomic mass is 16.5. The molecule has 7 heteroatoms. The van der Waals surface area contributed by atoms with Crippen molar-refractivity contribution in [3.63, 3.8) is 0 Å². The average Bonchev–Trinajstić information content (AvgIpc) is 2.76. The molecule has 2 aliphatic rings. The van der Waals surface area contributed by atoms with Crippen LogP contribution < -0.4 is 15.8 Å². The van der Waals surface area contributed by atoms with Gasteiger partial charge in [0.05, 0.1) is 7.11 Å². The summed E-state index contributed by atoms with van der Waals surface area (Å²) in [6.07, 6.45) is 2.13. The number of aryl methyl sites for hydroxylation is 1. The molecule has 1 aliphatic heterocycles. The van der Waals surface area contributed by atoms with Crippen LogP contribution in [0.2, 0.25) is 0 Å². The van der Waals surface area contributed by atoms with Crippen LogP contribution in [0.25, 0.3) is 0 Å². The first-order chi connectivity index (χ1) is 11.0. The van der Waals surface area contributed by atoms with Gasteiger partial charge in [0, 0.05) is 13.0 Å². The molecular weight excluding hydrogens is 298 g/mol. The largest absolute Gasteiger partial charge is 0.497 e. The lowest BCUT2D eigenvalue weighted by Gasteiger charge is -2.33. The molecule has 1 saturated heterocycles. The molecule has 7 nitrogen and oxygen atoms in total. The van der Waals surface area contributed by atoms with E-state index < -0.39 is 17.5 Å². The zero-order valence-electron chi connectivity index (χ0n) is 12.9. The van der Waals surface area contributed by atoms with E-state index in [4.69, 9.17) is 10.5 Å². The van der Waals surface area contributed by atoms with Crippen molar-refractivity contribution in [1.29, 1.82) is 0 Å². The number of methoxy groups -OCH3 is 1. The molecule has 1 spiro atoms. The summed E-state index contributed by atoms with van der Waals surface area (Å²) < 4.78 is 5.23. The Labute approximate surface area is 133 Å². The van der Waals surface area contributed by atoms with Crippen LogP contribution in [0.15, 0.2) is 18.2 Å². The molecule has 1 aromatic rings. The second-order valence-corrected chi connectivity index (χ2v) is 5.89. The Bertz CT molecular complexity index is 688. The number of nitrogens with zero attached hydrogens (tertiary/aromatic N) is 1. The minimum Gasteiger partial charge on any atom is -0.497 e. The number of ether oxygens (including phenoxy) is 1. The number of imide groups is 1. The number of rotatable bonds is 4. The average molecular weight is 317 g/mol. The first-order valence-electron chi connectivity index (χ1n) is 7.58. The fourth-order valence-corrected chi connectivity index (χ4v) is 3.40. The van der Waals surface area contributed by atoms with Crippen LogP contribution in [0.4, 0.5) is 4.79 Å². The normalized spacial score (nSPS) is 22.9. The first kappa shape index (κ1) is 15.3. The number of fused-ring (bicyclic) bond motifs is 2. The van der Waals surface area contributed by atoms with Gasteiger partial charge in [-0.1, -0.05) is 6.07 Å². The summed E-state index contributed by atoms with van der Waals surface area (Å²) in [6.45, 7) is 0.00718. The molecule has 3 N–H and O–H groups in total. The van der Waals surface area contributed by atoms with Crippen molar-refractivity contribution in [2.45, 2.75) is 31.2 Å². The van der Waals surface area contributed by atoms with E-state index in [1.807, 2.05) is 12.1 Å². The predicted octanol–water partition coefficient (Wildman–Crippen LogP) is 0.654. The number of carbonyl (C=O) groups excluding carboxylic acids is 3. The lowest BCUT2D eigenvalue weighted by molar-refractivity contribution is -0.132. The number of nitrogens with two attached hydrogens (primary N) is 1. The lowest BCUT2D eigenvalue weighted by atomic mass is 9.76. The fraction of sp³-hybridized carbons (Fsp3) is 0.438. The number of hydrogen-bond donors (Lipinski definition) is 2. The maximum Gasteiger partial charge on any atom is 0.325 e. The molecule has 4 amide bonds. The van der Waals surface area contributed by atoms with Gasteiger partial charge in [-0.2, -0.15) is 0 Å². The highest BCUT2D eigenvalue weighted by Gasteiger charge is 2.53. The van der Waals surface area contributed by atoms with E-state index in [9.17, 15) is 14.4 Å². The zero-order valence-corrected chi connectivity index (χ0v) is 12.9. The molecule has 0 saturated carbocycles. The van der Waals surface area contributed by atoms with Gasteiger partial charge in [-0.3, -0.25) is 14.5 Å². The zero-order chi connectivity index (χ0) is 16.6. The third kappa shape index (κ3) is 2.42. The number of carbonyl (C=O) groups is 3. The van der Waals surface area contributed by atoms with E-state index in [0.29, 0.717) is 6.42 Å². The molecule has 122 valence electrons. The Hall–Kier alpha value is -2.57. The summed E-state index contributed by atoms with van der Waals surface area (Å²) in [4.78, 5) is 37.1. The third-order valence-corrected chi connectivity index (χ3v) is 4.53. The van der Waals surface area contributed by atoms with Crippen LogP contribution in [0, 0.1) is 0 Å². The van der Waals surface area contributed by atoms with Gasteiger partial charge < -0.3 is 15.8 Å². The summed E-state index contributed by atoms with van der Waals surface area (Å²) in [5, 5.41) is 2.83. The van der Waals surface area contributed by atoms with Gasteiger partial charge in [-0.05, 0) is 42.5 Å². The highest BCUT2D eigenvalue weighted by molar-refractivity contribution is 6.08. The van der Waals surface area contributed by atoms with E-state index in [1.54, 1.807) is 13.2 Å². The van der Waals surface area contributed by atoms with Gasteiger partial charge in [-0.25, -0.2) is 4.79 Å². The van der Waals surface area contributed by atoms with Gasteiger partial charge in [0.2, 0.25) is 5.91 Å². The molecule has 3 rings (SSSR count). The molecule has 1 aliphatic carbocycles. The van der Waals surface area contributed by atoms with Gasteiger partial charge in [0.15, 0.2) is 0 Å². The van der Waals surface area contributed by atoms with Crippen molar-refractivity contribution < 1.29 is 19.1 Å². The molecule has 1 fully saturated rings. The van der Waals surface area contributed by atoms with Crippen LogP contribution in [0.3, 0.4) is 0 Å². The lowest BCUT2D eigenvalue weighted by Crippen LogP contribution is -2.46. The van der Waals surface area contributed by atoms with Gasteiger partial charge in [0.25, 0.3) is 5.91 Å². The Balaban J connectivity index is 1.96. The minimum atomic E-state index is -1.03. The van der Waals surface area contributed by atoms with Crippen LogP contribution in [0.5, 0.6) is 5.75 Å². The number of hydrogen-bond acceptors (Lipinski definition) is 4. The van der Waals surface area contributed by atoms with Crippen molar-refractivity contribution in [3.8, 4) is 5.75 Å². The van der Waals surface area contributed by atoms with Gasteiger partial charge in [-0.15, -0.1) is 0 Å². The van der Waals surface area contributed by atoms with E-state index in [-0.39, 0.29) is 18.9 Å². The minimum absolute atomic E-state index is 0.00718. The van der Waals surface area contributed by atoms with Crippen LogP contribution in [-0.2, 0) is 21.5 Å². The fourth-order valence-electron chi connectivity index (χ4n) is 3.40. The van der Waals surface area contributed by atoms with Crippen LogP contribution >= 0.6 is 0 Å². The van der Waals surface area contributed by atoms with E-state index in [0.717, 1.165) is 34.6 Å². The van der Waals surface area contributed by atoms with Crippen molar-refractivity contribution in [2.24, 2.45) is 5.73 Å². The molecule has 0 bridgehead atoms. The highest BCUT2D eigenvalue weighted by Crippen LogP contribution is 2.41. The molecule has 0 aromatic heterocycles. The number of urea groups is 1. The Kier molecular flexibility index (Phi) is 3.71. The standard InChI is InChI=1S/C16H19N3O4/c1-23-11-4-5-12-10(9-11)3-2-7-16(12)14(21)19(15(22)18-16)8-6-13(17)20/h4-5,9H,2-3,6-8H2,1H3,(H2,17,20)(H,18,22)/t16-/m0/s1. The number of benzene rings is 1. The van der Waals surface area contributed by atoms with Crippen molar-refractivity contribution in [2.75, 3.05) is 13.7 Å². The molecule has 0 radical (unpaired) electrons. The van der Waals surface area contributed by atoms with Gasteiger partial charge >= 0.3 is 6.03 Å². The maximum absolute atomic E-state index is 12.9. The molecule has 1 atom stereocenters. The quantitative estimate of drug-likeness (QED) is 0.796. The monoisotopic (exact) mass is 317 g/mol. The number of primary amides is 1. The van der Waals surface area contributed by atoms with E-state index in [1.165, 1.54) is 0 Å². The molecule has 1 aromatic carbocycles. The maximum atomic E-state index is 12.9. The molecule has 0 unspecified atom stereocenters. The molecule has 23 heavy (non-hydrogen) atoms. The van der Waals surface area contributed by atoms with E-state index >= 15 is 0 Å². The van der Waals surface area contributed by atoms with Crippen molar-refractivity contribution in [3.05, 3.63) is 29.3 Å².